The molecule has 5 rings (SSSR count). The number of nitrogens with zero attached hydrogens (tertiary/aromatic N) is 2. The van der Waals surface area contributed by atoms with Crippen molar-refractivity contribution in [3.63, 3.8) is 0 Å². The molecule has 3 saturated heterocycles. The Kier molecular flexibility index (Phi) is 2.60. The van der Waals surface area contributed by atoms with Gasteiger partial charge in [-0.1, -0.05) is 6.07 Å². The van der Waals surface area contributed by atoms with Crippen LogP contribution >= 0.6 is 0 Å². The third-order valence-electron chi connectivity index (χ3n) is 4.14. The molecule has 3 fully saturated rings. The van der Waals surface area contributed by atoms with Crippen LogP contribution in [0.25, 0.3) is 10.8 Å². The molecule has 0 radical (unpaired) electrons. The van der Waals surface area contributed by atoms with Crippen LogP contribution in [-0.4, -0.2) is 42.9 Å². The first-order valence-electron chi connectivity index (χ1n) is 6.73. The average Bonchev–Trinajstić information content (AvgIpc) is 2.46. The maximum absolute atomic E-state index is 12.7. The number of fused-ring (bicyclic) bond motifs is 3. The lowest BCUT2D eigenvalue weighted by Crippen LogP contribution is -2.67. The second-order valence-electron chi connectivity index (χ2n) is 5.50. The number of piperazine rings is 1. The summed E-state index contributed by atoms with van der Waals surface area (Å²) >= 11 is 0. The Hall–Kier alpha value is -1.50. The van der Waals surface area contributed by atoms with Crippen molar-refractivity contribution in [3.8, 4) is 0 Å². The maximum atomic E-state index is 12.7. The minimum Gasteiger partial charge on any atom is -0.308 e. The number of sulfonamides is 1. The van der Waals surface area contributed by atoms with Gasteiger partial charge in [0.2, 0.25) is 10.0 Å². The van der Waals surface area contributed by atoms with Gasteiger partial charge in [0, 0.05) is 43.0 Å². The van der Waals surface area contributed by atoms with Gasteiger partial charge in [0.1, 0.15) is 0 Å². The van der Waals surface area contributed by atoms with Crippen LogP contribution in [0.4, 0.5) is 0 Å². The molecule has 3 aliphatic heterocycles. The fourth-order valence-corrected chi connectivity index (χ4v) is 4.61. The summed E-state index contributed by atoms with van der Waals surface area (Å²) < 4.78 is 27.0. The van der Waals surface area contributed by atoms with E-state index in [9.17, 15) is 8.42 Å². The van der Waals surface area contributed by atoms with Crippen LogP contribution in [-0.2, 0) is 10.0 Å². The van der Waals surface area contributed by atoms with Gasteiger partial charge in [-0.15, -0.1) is 0 Å². The van der Waals surface area contributed by atoms with Crippen LogP contribution in [0.5, 0.6) is 0 Å². The number of nitrogens with one attached hydrogen (secondary N) is 1. The number of hydrogen-bond donors (Lipinski definition) is 1. The van der Waals surface area contributed by atoms with Gasteiger partial charge in [0.05, 0.1) is 4.90 Å². The van der Waals surface area contributed by atoms with Crippen molar-refractivity contribution >= 4 is 20.8 Å². The van der Waals surface area contributed by atoms with Crippen LogP contribution in [0.3, 0.4) is 0 Å². The lowest BCUT2D eigenvalue weighted by atomic mass is 9.93. The predicted molar refractivity (Wildman–Crippen MR) is 75.8 cm³/mol. The minimum atomic E-state index is -3.38. The molecule has 0 amide bonds. The lowest BCUT2D eigenvalue weighted by Gasteiger charge is -2.47. The summed E-state index contributed by atoms with van der Waals surface area (Å²) in [4.78, 5) is 4.41. The minimum absolute atomic E-state index is 0.327. The van der Waals surface area contributed by atoms with Gasteiger partial charge in [-0.2, -0.15) is 4.31 Å². The van der Waals surface area contributed by atoms with Crippen LogP contribution in [0.1, 0.15) is 6.42 Å². The zero-order valence-corrected chi connectivity index (χ0v) is 11.7. The second kappa shape index (κ2) is 4.25. The molecule has 104 valence electrons. The van der Waals surface area contributed by atoms with E-state index >= 15 is 0 Å². The Balaban J connectivity index is 1.73. The first kappa shape index (κ1) is 12.3. The molecule has 6 heteroatoms. The van der Waals surface area contributed by atoms with Crippen molar-refractivity contribution < 1.29 is 8.42 Å². The topological polar surface area (TPSA) is 62.3 Å². The maximum Gasteiger partial charge on any atom is 0.243 e. The first-order chi connectivity index (χ1) is 9.63. The highest BCUT2D eigenvalue weighted by atomic mass is 32.2. The van der Waals surface area contributed by atoms with E-state index < -0.39 is 10.0 Å². The average molecular weight is 289 g/mol. The van der Waals surface area contributed by atoms with Crippen molar-refractivity contribution in [2.45, 2.75) is 23.4 Å². The summed E-state index contributed by atoms with van der Waals surface area (Å²) in [7, 11) is -3.38. The van der Waals surface area contributed by atoms with Gasteiger partial charge < -0.3 is 5.32 Å². The lowest BCUT2D eigenvalue weighted by molar-refractivity contribution is 0.136. The fraction of sp³-hybridized carbons (Fsp3) is 0.357. The van der Waals surface area contributed by atoms with Crippen LogP contribution in [0, 0.1) is 0 Å². The molecular formula is C14H15N3O2S. The van der Waals surface area contributed by atoms with Crippen molar-refractivity contribution in [2.75, 3.05) is 13.1 Å². The van der Waals surface area contributed by atoms with Crippen molar-refractivity contribution in [1.29, 1.82) is 0 Å². The number of pyridine rings is 1. The summed E-state index contributed by atoms with van der Waals surface area (Å²) in [6.45, 7) is 1.15. The molecule has 1 aromatic heterocycles. The Labute approximate surface area is 117 Å². The highest BCUT2D eigenvalue weighted by molar-refractivity contribution is 7.89. The van der Waals surface area contributed by atoms with Gasteiger partial charge in [-0.05, 0) is 30.0 Å². The van der Waals surface area contributed by atoms with Crippen molar-refractivity contribution in [1.82, 2.24) is 14.6 Å². The highest BCUT2D eigenvalue weighted by Crippen LogP contribution is 2.27. The number of rotatable bonds is 2. The van der Waals surface area contributed by atoms with Gasteiger partial charge in [-0.3, -0.25) is 4.98 Å². The van der Waals surface area contributed by atoms with Crippen LogP contribution in [0.2, 0.25) is 0 Å². The van der Waals surface area contributed by atoms with E-state index in [0.29, 0.717) is 30.1 Å². The van der Waals surface area contributed by atoms with Gasteiger partial charge >= 0.3 is 0 Å². The molecule has 2 unspecified atom stereocenters. The molecule has 1 N–H and O–H groups in total. The molecule has 20 heavy (non-hydrogen) atoms. The summed E-state index contributed by atoms with van der Waals surface area (Å²) in [6, 6.07) is 7.72. The third kappa shape index (κ3) is 1.83. The normalized spacial score (nSPS) is 26.4. The summed E-state index contributed by atoms with van der Waals surface area (Å²) in [5.74, 6) is 0. The summed E-state index contributed by atoms with van der Waals surface area (Å²) in [5, 5.41) is 5.21. The van der Waals surface area contributed by atoms with E-state index in [1.54, 1.807) is 28.8 Å². The van der Waals surface area contributed by atoms with Crippen molar-refractivity contribution in [3.05, 3.63) is 36.7 Å². The number of piperidine rings is 1. The standard InChI is InChI=1S/C14H15N3O2S/c18-20(19,17-8-12-6-13(9-17)16-12)14-2-1-11-7-15-4-3-10(11)5-14/h1-5,7,12-13,16H,6,8-9H2. The zero-order valence-electron chi connectivity index (χ0n) is 10.9. The Bertz CT molecular complexity index is 759. The predicted octanol–water partition coefficient (Wildman–Crippen LogP) is 0.970. The van der Waals surface area contributed by atoms with E-state index in [0.717, 1.165) is 17.2 Å². The van der Waals surface area contributed by atoms with Gasteiger partial charge in [0.15, 0.2) is 0 Å². The van der Waals surface area contributed by atoms with E-state index in [4.69, 9.17) is 0 Å². The van der Waals surface area contributed by atoms with Crippen LogP contribution in [0.15, 0.2) is 41.6 Å². The van der Waals surface area contributed by atoms with E-state index in [1.165, 1.54) is 0 Å². The van der Waals surface area contributed by atoms with Crippen LogP contribution < -0.4 is 5.32 Å². The van der Waals surface area contributed by atoms with Gasteiger partial charge in [-0.25, -0.2) is 8.42 Å². The zero-order chi connectivity index (χ0) is 13.7. The number of benzene rings is 1. The molecule has 0 spiro atoms. The van der Waals surface area contributed by atoms with E-state index in [2.05, 4.69) is 10.3 Å². The smallest absolute Gasteiger partial charge is 0.243 e. The Morgan fingerprint density at radius 1 is 1.15 bits per heavy atom. The SMILES string of the molecule is O=S(=O)(c1ccc2cnccc2c1)N1CC2CC(C1)N2. The molecule has 5 nitrogen and oxygen atoms in total. The quantitative estimate of drug-likeness (QED) is 0.895. The largest absolute Gasteiger partial charge is 0.308 e. The van der Waals surface area contributed by atoms with Gasteiger partial charge in [0.25, 0.3) is 0 Å². The molecule has 3 aliphatic rings. The fourth-order valence-electron chi connectivity index (χ4n) is 3.04. The molecule has 2 atom stereocenters. The molecule has 0 saturated carbocycles. The van der Waals surface area contributed by atoms with Crippen molar-refractivity contribution in [2.24, 2.45) is 0 Å². The summed E-state index contributed by atoms with van der Waals surface area (Å²) in [6.07, 6.45) is 4.51. The molecule has 2 aromatic rings. The molecule has 0 aliphatic carbocycles. The van der Waals surface area contributed by atoms with E-state index in [1.807, 2.05) is 12.1 Å². The Morgan fingerprint density at radius 3 is 2.65 bits per heavy atom. The molecule has 4 heterocycles. The first-order valence-corrected chi connectivity index (χ1v) is 8.17. The third-order valence-corrected chi connectivity index (χ3v) is 5.97. The molecular weight excluding hydrogens is 274 g/mol. The number of hydrogen-bond acceptors (Lipinski definition) is 4. The second-order valence-corrected chi connectivity index (χ2v) is 7.44. The highest BCUT2D eigenvalue weighted by Gasteiger charge is 2.41. The Morgan fingerprint density at radius 2 is 1.90 bits per heavy atom. The van der Waals surface area contributed by atoms with E-state index in [-0.39, 0.29) is 0 Å². The summed E-state index contributed by atoms with van der Waals surface area (Å²) in [5.41, 5.74) is 0. The molecule has 1 aromatic carbocycles. The monoisotopic (exact) mass is 289 g/mol. The number of aromatic nitrogens is 1. The molecule has 2 bridgehead atoms.